The van der Waals surface area contributed by atoms with Crippen molar-refractivity contribution < 1.29 is 9.53 Å². The highest BCUT2D eigenvalue weighted by Gasteiger charge is 2.37. The number of hydrogen-bond donors (Lipinski definition) is 0. The van der Waals surface area contributed by atoms with Crippen LogP contribution in [0.2, 0.25) is 0 Å². The van der Waals surface area contributed by atoms with Crippen LogP contribution in [0.4, 0.5) is 0 Å². The Morgan fingerprint density at radius 2 is 2.04 bits per heavy atom. The number of hydrogen-bond acceptors (Lipinski definition) is 5. The number of rotatable bonds is 6. The Balaban J connectivity index is 1.21. The van der Waals surface area contributed by atoms with Crippen LogP contribution in [0.25, 0.3) is 0 Å². The van der Waals surface area contributed by atoms with Gasteiger partial charge in [-0.1, -0.05) is 6.07 Å². The van der Waals surface area contributed by atoms with Crippen molar-refractivity contribution >= 4 is 5.91 Å². The van der Waals surface area contributed by atoms with Gasteiger partial charge in [0.25, 0.3) is 0 Å². The van der Waals surface area contributed by atoms with Gasteiger partial charge in [-0.05, 0) is 44.5 Å². The van der Waals surface area contributed by atoms with Crippen LogP contribution in [-0.4, -0.2) is 90.2 Å². The molecule has 3 aliphatic rings. The highest BCUT2D eigenvalue weighted by atomic mass is 16.5. The van der Waals surface area contributed by atoms with Crippen molar-refractivity contribution in [3.8, 4) is 0 Å². The van der Waals surface area contributed by atoms with Gasteiger partial charge in [0.2, 0.25) is 5.91 Å². The van der Waals surface area contributed by atoms with Crippen LogP contribution in [0.3, 0.4) is 0 Å². The molecule has 4 heterocycles. The number of carbonyl (C=O) groups excluding carboxylic acids is 1. The summed E-state index contributed by atoms with van der Waals surface area (Å²) in [6.07, 6.45) is 6.20. The molecule has 0 aliphatic carbocycles. The van der Waals surface area contributed by atoms with E-state index in [9.17, 15) is 4.79 Å². The van der Waals surface area contributed by atoms with E-state index in [1.54, 1.807) is 6.20 Å². The predicted molar refractivity (Wildman–Crippen MR) is 99.9 cm³/mol. The van der Waals surface area contributed by atoms with Crippen molar-refractivity contribution in [1.82, 2.24) is 19.7 Å². The molecule has 2 atom stereocenters. The normalized spacial score (nSPS) is 27.0. The van der Waals surface area contributed by atoms with Gasteiger partial charge in [-0.3, -0.25) is 14.7 Å². The quantitative estimate of drug-likeness (QED) is 0.760. The maximum Gasteiger partial charge on any atom is 0.228 e. The molecule has 3 aliphatic heterocycles. The third kappa shape index (κ3) is 4.42. The first kappa shape index (κ1) is 17.9. The Hall–Kier alpha value is -1.50. The van der Waals surface area contributed by atoms with Crippen molar-refractivity contribution in [3.05, 3.63) is 30.1 Å². The van der Waals surface area contributed by atoms with E-state index in [4.69, 9.17) is 4.74 Å². The molecule has 3 saturated heterocycles. The number of amides is 1. The molecule has 3 fully saturated rings. The van der Waals surface area contributed by atoms with Gasteiger partial charge in [-0.25, -0.2) is 0 Å². The van der Waals surface area contributed by atoms with Crippen LogP contribution in [0.1, 0.15) is 25.0 Å². The van der Waals surface area contributed by atoms with Gasteiger partial charge in [-0.15, -0.1) is 0 Å². The van der Waals surface area contributed by atoms with Gasteiger partial charge in [0.1, 0.15) is 0 Å². The summed E-state index contributed by atoms with van der Waals surface area (Å²) in [7, 11) is 0. The molecule has 0 unspecified atom stereocenters. The van der Waals surface area contributed by atoms with Crippen LogP contribution in [-0.2, 0) is 16.0 Å². The van der Waals surface area contributed by atoms with Crippen molar-refractivity contribution in [3.63, 3.8) is 0 Å². The number of carbonyl (C=O) groups is 1. The molecular formula is C20H30N4O2. The lowest BCUT2D eigenvalue weighted by Gasteiger charge is -2.37. The fourth-order valence-electron chi connectivity index (χ4n) is 4.47. The van der Waals surface area contributed by atoms with Crippen LogP contribution in [0.5, 0.6) is 0 Å². The Morgan fingerprint density at radius 3 is 2.85 bits per heavy atom. The second-order valence-electron chi connectivity index (χ2n) is 7.76. The summed E-state index contributed by atoms with van der Waals surface area (Å²) in [6.45, 7) is 8.01. The Morgan fingerprint density at radius 1 is 1.15 bits per heavy atom. The monoisotopic (exact) mass is 358 g/mol. The summed E-state index contributed by atoms with van der Waals surface area (Å²) in [5.41, 5.74) is 0.856. The minimum Gasteiger partial charge on any atom is -0.375 e. The molecule has 0 aromatic carbocycles. The van der Waals surface area contributed by atoms with Gasteiger partial charge in [0.05, 0.1) is 19.1 Å². The lowest BCUT2D eigenvalue weighted by molar-refractivity contribution is -0.133. The third-order valence-corrected chi connectivity index (χ3v) is 5.95. The fraction of sp³-hybridized carbons (Fsp3) is 0.700. The number of piperazine rings is 1. The number of pyridine rings is 1. The van der Waals surface area contributed by atoms with Crippen molar-refractivity contribution in [1.29, 1.82) is 0 Å². The molecule has 1 aromatic heterocycles. The molecule has 1 aromatic rings. The number of ether oxygens (including phenoxy) is 1. The minimum absolute atomic E-state index is 0.196. The molecule has 26 heavy (non-hydrogen) atoms. The fourth-order valence-corrected chi connectivity index (χ4v) is 4.47. The molecule has 142 valence electrons. The van der Waals surface area contributed by atoms with E-state index < -0.39 is 0 Å². The molecular weight excluding hydrogens is 328 g/mol. The Labute approximate surface area is 156 Å². The van der Waals surface area contributed by atoms with Crippen molar-refractivity contribution in [2.24, 2.45) is 0 Å². The van der Waals surface area contributed by atoms with Gasteiger partial charge in [-0.2, -0.15) is 0 Å². The zero-order chi connectivity index (χ0) is 17.8. The summed E-state index contributed by atoms with van der Waals surface area (Å²) in [6, 6.07) is 6.20. The second-order valence-corrected chi connectivity index (χ2v) is 7.76. The van der Waals surface area contributed by atoms with Crippen LogP contribution < -0.4 is 0 Å². The maximum atomic E-state index is 12.6. The van der Waals surface area contributed by atoms with Crippen molar-refractivity contribution in [2.45, 2.75) is 37.8 Å². The predicted octanol–water partition coefficient (Wildman–Crippen LogP) is 1.02. The van der Waals surface area contributed by atoms with Crippen LogP contribution in [0.15, 0.2) is 24.4 Å². The Bertz CT molecular complexity index is 591. The average Bonchev–Trinajstić information content (AvgIpc) is 3.31. The first-order chi connectivity index (χ1) is 12.8. The topological polar surface area (TPSA) is 48.9 Å². The molecule has 6 heteroatoms. The van der Waals surface area contributed by atoms with E-state index in [0.717, 1.165) is 51.4 Å². The molecule has 0 N–H and O–H groups in total. The number of aromatic nitrogens is 1. The SMILES string of the molecule is O=C(Cc1ccccn1)N1CCN2C[C@H](OCCN3CCCC3)C[C@H]2C1. The molecule has 0 saturated carbocycles. The third-order valence-electron chi connectivity index (χ3n) is 5.95. The lowest BCUT2D eigenvalue weighted by atomic mass is 10.1. The smallest absolute Gasteiger partial charge is 0.228 e. The molecule has 0 spiro atoms. The van der Waals surface area contributed by atoms with E-state index in [-0.39, 0.29) is 5.91 Å². The number of fused-ring (bicyclic) bond motifs is 1. The van der Waals surface area contributed by atoms with Crippen molar-refractivity contribution in [2.75, 3.05) is 52.4 Å². The second kappa shape index (κ2) is 8.46. The van der Waals surface area contributed by atoms with Crippen LogP contribution in [0, 0.1) is 0 Å². The Kier molecular flexibility index (Phi) is 5.82. The van der Waals surface area contributed by atoms with Gasteiger partial charge >= 0.3 is 0 Å². The summed E-state index contributed by atoms with van der Waals surface area (Å²) in [5, 5.41) is 0. The zero-order valence-corrected chi connectivity index (χ0v) is 15.6. The van der Waals surface area contributed by atoms with Gasteiger partial charge in [0, 0.05) is 50.7 Å². The molecule has 6 nitrogen and oxygen atoms in total. The average molecular weight is 358 g/mol. The van der Waals surface area contributed by atoms with Gasteiger partial charge < -0.3 is 14.5 Å². The van der Waals surface area contributed by atoms with Crippen LogP contribution >= 0.6 is 0 Å². The summed E-state index contributed by atoms with van der Waals surface area (Å²) in [4.78, 5) is 23.9. The molecule has 4 rings (SSSR count). The van der Waals surface area contributed by atoms with E-state index in [1.807, 2.05) is 23.1 Å². The summed E-state index contributed by atoms with van der Waals surface area (Å²) < 4.78 is 6.15. The van der Waals surface area contributed by atoms with E-state index in [1.165, 1.54) is 25.9 Å². The summed E-state index contributed by atoms with van der Waals surface area (Å²) >= 11 is 0. The van der Waals surface area contributed by atoms with E-state index in [2.05, 4.69) is 14.8 Å². The number of nitrogens with zero attached hydrogens (tertiary/aromatic N) is 4. The standard InChI is InChI=1S/C20H30N4O2/c25-20(13-17-5-1-2-6-21-17)24-10-9-23-16-19(14-18(23)15-24)26-12-11-22-7-3-4-8-22/h1-2,5-6,18-19H,3-4,7-16H2/t18-,19+/m0/s1. The first-order valence-electron chi connectivity index (χ1n) is 10.0. The maximum absolute atomic E-state index is 12.6. The van der Waals surface area contributed by atoms with Gasteiger partial charge in [0.15, 0.2) is 0 Å². The largest absolute Gasteiger partial charge is 0.375 e. The zero-order valence-electron chi connectivity index (χ0n) is 15.6. The number of likely N-dealkylation sites (tertiary alicyclic amines) is 1. The van der Waals surface area contributed by atoms with E-state index >= 15 is 0 Å². The minimum atomic E-state index is 0.196. The lowest BCUT2D eigenvalue weighted by Crippen LogP contribution is -2.52. The summed E-state index contributed by atoms with van der Waals surface area (Å²) in [5.74, 6) is 0.196. The highest BCUT2D eigenvalue weighted by Crippen LogP contribution is 2.24. The highest BCUT2D eigenvalue weighted by molar-refractivity contribution is 5.78. The first-order valence-corrected chi connectivity index (χ1v) is 10.0. The van der Waals surface area contributed by atoms with E-state index in [0.29, 0.717) is 18.6 Å². The molecule has 0 bridgehead atoms. The molecule has 0 radical (unpaired) electrons. The molecule has 1 amide bonds.